The van der Waals surface area contributed by atoms with Crippen LogP contribution in [-0.2, 0) is 16.6 Å². The number of rotatable bonds is 3. The molecule has 1 aliphatic heterocycles. The molecule has 1 spiro atoms. The summed E-state index contributed by atoms with van der Waals surface area (Å²) >= 11 is 0. The number of β-amino-alcohol motifs (C(OH)–C–C–N with tert-alkyl or cyclic N) is 1. The summed E-state index contributed by atoms with van der Waals surface area (Å²) < 4.78 is 63.2. The second-order valence-electron chi connectivity index (χ2n) is 10.8. The maximum atomic E-state index is 14.6. The third kappa shape index (κ3) is 6.35. The average Bonchev–Trinajstić information content (AvgIpc) is 3.20. The summed E-state index contributed by atoms with van der Waals surface area (Å²) in [4.78, 5) is 1.72. The van der Waals surface area contributed by atoms with E-state index >= 15 is 0 Å². The molecule has 0 amide bonds. The first-order valence-corrected chi connectivity index (χ1v) is 14.5. The van der Waals surface area contributed by atoms with E-state index in [2.05, 4.69) is 4.72 Å². The van der Waals surface area contributed by atoms with Crippen molar-refractivity contribution in [2.75, 3.05) is 26.2 Å². The van der Waals surface area contributed by atoms with Gasteiger partial charge < -0.3 is 20.1 Å². The van der Waals surface area contributed by atoms with Crippen molar-refractivity contribution in [3.05, 3.63) is 83.9 Å². The zero-order valence-electron chi connectivity index (χ0n) is 21.7. The number of ether oxygens (including phenoxy) is 1. The Morgan fingerprint density at radius 1 is 0.975 bits per heavy atom. The molecule has 11 heteroatoms. The van der Waals surface area contributed by atoms with Crippen LogP contribution in [0.1, 0.15) is 18.4 Å². The van der Waals surface area contributed by atoms with Crippen molar-refractivity contribution in [1.82, 2.24) is 9.62 Å². The number of aliphatic hydroxyl groups excluding tert-OH is 3. The number of fused-ring (bicyclic) bond motifs is 1. The standard InChI is InChI=1S/C29H32F2N2O6S/c30-21-8-5-19(6-9-21)15-33-16-22(34)14-32-40(37,38)28-10-7-20(23-3-1-2-4-24(23)31)11-27(28)39-18-29(17-33)12-25(35)26(36)13-29/h1-11,22,25-26,32,34-36H,12-18H2/t22-,25-,26+,29?/m0/s1. The van der Waals surface area contributed by atoms with Crippen LogP contribution >= 0.6 is 0 Å². The Hall–Kier alpha value is -2.93. The molecular formula is C29H32F2N2O6S. The zero-order valence-corrected chi connectivity index (χ0v) is 22.5. The van der Waals surface area contributed by atoms with E-state index in [1.807, 2.05) is 4.90 Å². The van der Waals surface area contributed by atoms with Crippen molar-refractivity contribution < 1.29 is 37.3 Å². The third-order valence-electron chi connectivity index (χ3n) is 7.54. The molecule has 3 aromatic carbocycles. The number of hydrogen-bond donors (Lipinski definition) is 4. The summed E-state index contributed by atoms with van der Waals surface area (Å²) in [6, 6.07) is 16.3. The fraction of sp³-hybridized carbons (Fsp3) is 0.379. The summed E-state index contributed by atoms with van der Waals surface area (Å²) in [5, 5.41) is 31.8. The van der Waals surface area contributed by atoms with Crippen LogP contribution in [0.3, 0.4) is 0 Å². The van der Waals surface area contributed by atoms with Gasteiger partial charge in [0.2, 0.25) is 10.0 Å². The summed E-state index contributed by atoms with van der Waals surface area (Å²) in [5.74, 6) is -0.870. The SMILES string of the molecule is O=S1(=O)NC[C@H](O)CN(Cc2ccc(F)cc2)CC2(COc3cc(-c4ccccc4F)ccc31)C[C@@H](O)[C@@H](O)C2. The summed E-state index contributed by atoms with van der Waals surface area (Å²) in [6.45, 7) is 0.346. The van der Waals surface area contributed by atoms with Crippen LogP contribution in [0, 0.1) is 17.0 Å². The first-order valence-electron chi connectivity index (χ1n) is 13.1. The fourth-order valence-electron chi connectivity index (χ4n) is 5.63. The smallest absolute Gasteiger partial charge is 0.244 e. The van der Waals surface area contributed by atoms with Gasteiger partial charge in [-0.05, 0) is 54.3 Å². The quantitative estimate of drug-likeness (QED) is 0.380. The van der Waals surface area contributed by atoms with Gasteiger partial charge in [-0.25, -0.2) is 21.9 Å². The molecule has 1 aliphatic carbocycles. The summed E-state index contributed by atoms with van der Waals surface area (Å²) in [6.07, 6.45) is -2.76. The average molecular weight is 575 g/mol. The maximum absolute atomic E-state index is 14.6. The van der Waals surface area contributed by atoms with Crippen LogP contribution in [0.15, 0.2) is 71.6 Å². The van der Waals surface area contributed by atoms with Crippen molar-refractivity contribution in [3.63, 3.8) is 0 Å². The highest BCUT2D eigenvalue weighted by atomic mass is 32.2. The molecular weight excluding hydrogens is 542 g/mol. The van der Waals surface area contributed by atoms with Crippen LogP contribution in [-0.4, -0.2) is 73.2 Å². The zero-order chi connectivity index (χ0) is 28.5. The van der Waals surface area contributed by atoms with Gasteiger partial charge in [0.05, 0.1) is 24.9 Å². The van der Waals surface area contributed by atoms with Crippen LogP contribution in [0.5, 0.6) is 5.75 Å². The van der Waals surface area contributed by atoms with Crippen molar-refractivity contribution in [2.45, 2.75) is 42.6 Å². The molecule has 1 fully saturated rings. The van der Waals surface area contributed by atoms with Gasteiger partial charge in [-0.1, -0.05) is 36.4 Å². The van der Waals surface area contributed by atoms with E-state index in [1.165, 1.54) is 36.4 Å². The molecule has 4 atom stereocenters. The van der Waals surface area contributed by atoms with Gasteiger partial charge in [0, 0.05) is 37.2 Å². The van der Waals surface area contributed by atoms with E-state index < -0.39 is 39.6 Å². The number of aliphatic hydroxyl groups is 3. The van der Waals surface area contributed by atoms with E-state index in [0.717, 1.165) is 5.56 Å². The summed E-state index contributed by atoms with van der Waals surface area (Å²) in [5.41, 5.74) is 0.655. The van der Waals surface area contributed by atoms with Crippen LogP contribution < -0.4 is 9.46 Å². The number of nitrogens with zero attached hydrogens (tertiary/aromatic N) is 1. The highest BCUT2D eigenvalue weighted by molar-refractivity contribution is 7.89. The second kappa shape index (κ2) is 11.5. The van der Waals surface area contributed by atoms with E-state index in [4.69, 9.17) is 4.74 Å². The number of halogens is 2. The predicted molar refractivity (Wildman–Crippen MR) is 144 cm³/mol. The van der Waals surface area contributed by atoms with Crippen LogP contribution in [0.2, 0.25) is 0 Å². The predicted octanol–water partition coefficient (Wildman–Crippen LogP) is 2.67. The molecule has 1 saturated carbocycles. The molecule has 0 aromatic heterocycles. The van der Waals surface area contributed by atoms with E-state index in [9.17, 15) is 32.5 Å². The third-order valence-corrected chi connectivity index (χ3v) is 9.00. The van der Waals surface area contributed by atoms with Crippen molar-refractivity contribution >= 4 is 10.0 Å². The molecule has 4 N–H and O–H groups in total. The Balaban J connectivity index is 1.53. The highest BCUT2D eigenvalue weighted by Gasteiger charge is 2.46. The van der Waals surface area contributed by atoms with Gasteiger partial charge >= 0.3 is 0 Å². The molecule has 0 saturated heterocycles. The molecule has 2 aliphatic rings. The molecule has 3 aromatic rings. The van der Waals surface area contributed by atoms with Gasteiger partial charge in [0.25, 0.3) is 0 Å². The Morgan fingerprint density at radius 3 is 2.38 bits per heavy atom. The van der Waals surface area contributed by atoms with Crippen LogP contribution in [0.4, 0.5) is 8.78 Å². The van der Waals surface area contributed by atoms with Crippen LogP contribution in [0.25, 0.3) is 11.1 Å². The Morgan fingerprint density at radius 2 is 1.68 bits per heavy atom. The second-order valence-corrected chi connectivity index (χ2v) is 12.5. The molecule has 214 valence electrons. The minimum atomic E-state index is -4.14. The van der Waals surface area contributed by atoms with Gasteiger partial charge in [0.1, 0.15) is 22.3 Å². The molecule has 0 radical (unpaired) electrons. The minimum absolute atomic E-state index is 0.0105. The monoisotopic (exact) mass is 574 g/mol. The fourth-order valence-corrected chi connectivity index (χ4v) is 6.82. The van der Waals surface area contributed by atoms with Gasteiger partial charge in [-0.2, -0.15) is 0 Å². The molecule has 0 bridgehead atoms. The highest BCUT2D eigenvalue weighted by Crippen LogP contribution is 2.41. The number of benzene rings is 3. The molecule has 1 unspecified atom stereocenters. The van der Waals surface area contributed by atoms with E-state index in [0.29, 0.717) is 18.7 Å². The Labute approximate surface area is 231 Å². The van der Waals surface area contributed by atoms with Crippen molar-refractivity contribution in [1.29, 1.82) is 0 Å². The first-order chi connectivity index (χ1) is 19.0. The van der Waals surface area contributed by atoms with Crippen molar-refractivity contribution in [2.24, 2.45) is 5.41 Å². The van der Waals surface area contributed by atoms with Gasteiger partial charge in [-0.3, -0.25) is 4.90 Å². The normalized spacial score (nSPS) is 27.4. The van der Waals surface area contributed by atoms with Gasteiger partial charge in [0.15, 0.2) is 0 Å². The number of sulfonamides is 1. The van der Waals surface area contributed by atoms with E-state index in [1.54, 1.807) is 30.3 Å². The first kappa shape index (κ1) is 28.6. The van der Waals surface area contributed by atoms with Gasteiger partial charge in [-0.15, -0.1) is 0 Å². The Bertz CT molecular complexity index is 1440. The molecule has 40 heavy (non-hydrogen) atoms. The summed E-state index contributed by atoms with van der Waals surface area (Å²) in [7, 11) is -4.14. The minimum Gasteiger partial charge on any atom is -0.492 e. The number of hydrogen-bond acceptors (Lipinski definition) is 7. The lowest BCUT2D eigenvalue weighted by Gasteiger charge is -2.37. The lowest BCUT2D eigenvalue weighted by atomic mass is 9.85. The molecule has 5 rings (SSSR count). The molecule has 8 nitrogen and oxygen atoms in total. The molecule has 1 heterocycles. The van der Waals surface area contributed by atoms with E-state index in [-0.39, 0.29) is 54.6 Å². The number of nitrogens with one attached hydrogen (secondary N) is 1. The largest absolute Gasteiger partial charge is 0.492 e. The van der Waals surface area contributed by atoms with Crippen molar-refractivity contribution in [3.8, 4) is 16.9 Å². The Kier molecular flexibility index (Phi) is 8.23. The lowest BCUT2D eigenvalue weighted by molar-refractivity contribution is 0.0427. The maximum Gasteiger partial charge on any atom is 0.244 e. The lowest BCUT2D eigenvalue weighted by Crippen LogP contribution is -2.46. The topological polar surface area (TPSA) is 119 Å².